The molecule has 5 nitrogen and oxygen atoms in total. The van der Waals surface area contributed by atoms with E-state index in [1.165, 1.54) is 18.6 Å². The summed E-state index contributed by atoms with van der Waals surface area (Å²) in [5.41, 5.74) is 3.96. The number of aryl methyl sites for hydroxylation is 1. The smallest absolute Gasteiger partial charge is 0.0789 e. The second-order valence-electron chi connectivity index (χ2n) is 4.15. The predicted molar refractivity (Wildman–Crippen MR) is 61.2 cm³/mol. The van der Waals surface area contributed by atoms with Gasteiger partial charge in [0.15, 0.2) is 0 Å². The van der Waals surface area contributed by atoms with E-state index in [2.05, 4.69) is 22.7 Å². The summed E-state index contributed by atoms with van der Waals surface area (Å²) in [4.78, 5) is 0. The summed E-state index contributed by atoms with van der Waals surface area (Å²) in [6, 6.07) is 0.116. The third-order valence-electron chi connectivity index (χ3n) is 3.07. The molecule has 0 amide bonds. The van der Waals surface area contributed by atoms with Gasteiger partial charge in [-0.05, 0) is 25.5 Å². The van der Waals surface area contributed by atoms with Crippen molar-refractivity contribution in [3.05, 3.63) is 11.9 Å². The highest BCUT2D eigenvalue weighted by atomic mass is 32.2. The number of nitrogens with zero attached hydrogens (tertiary/aromatic N) is 3. The number of hydrogen-bond donors (Lipinski definition) is 2. The van der Waals surface area contributed by atoms with Crippen LogP contribution in [0.3, 0.4) is 0 Å². The van der Waals surface area contributed by atoms with Gasteiger partial charge in [0.2, 0.25) is 0 Å². The summed E-state index contributed by atoms with van der Waals surface area (Å²) in [6.07, 6.45) is 4.22. The highest BCUT2D eigenvalue weighted by Gasteiger charge is 2.39. The van der Waals surface area contributed by atoms with Crippen molar-refractivity contribution in [1.29, 1.82) is 0 Å². The first kappa shape index (κ1) is 10.9. The van der Waals surface area contributed by atoms with E-state index >= 15 is 0 Å². The van der Waals surface area contributed by atoms with E-state index in [1.54, 1.807) is 10.9 Å². The van der Waals surface area contributed by atoms with Crippen LogP contribution in [0.4, 0.5) is 0 Å². The molecule has 1 aliphatic rings. The van der Waals surface area contributed by atoms with Gasteiger partial charge in [-0.1, -0.05) is 5.21 Å². The molecule has 0 radical (unpaired) electrons. The standard InChI is InChI=1S/C9H17N5S/c1-9(4-3-5-15-9)8(12-10)7-6-11-13-14(7)2/h6,8,12H,3-5,10H2,1-2H3. The fourth-order valence-corrected chi connectivity index (χ4v) is 3.56. The van der Waals surface area contributed by atoms with Crippen molar-refractivity contribution in [2.24, 2.45) is 12.9 Å². The second-order valence-corrected chi connectivity index (χ2v) is 5.78. The van der Waals surface area contributed by atoms with Gasteiger partial charge >= 0.3 is 0 Å². The SMILES string of the molecule is Cn1nncc1C(NN)C1(C)CCCS1. The zero-order chi connectivity index (χ0) is 10.9. The molecule has 0 spiro atoms. The van der Waals surface area contributed by atoms with E-state index in [1.807, 2.05) is 18.8 Å². The van der Waals surface area contributed by atoms with Crippen LogP contribution in [0.2, 0.25) is 0 Å². The number of aromatic nitrogens is 3. The number of nitrogens with two attached hydrogens (primary N) is 1. The molecular weight excluding hydrogens is 210 g/mol. The van der Waals surface area contributed by atoms with Crippen LogP contribution in [-0.4, -0.2) is 25.5 Å². The van der Waals surface area contributed by atoms with Crippen molar-refractivity contribution in [2.45, 2.75) is 30.6 Å². The maximum absolute atomic E-state index is 5.67. The highest BCUT2D eigenvalue weighted by Crippen LogP contribution is 2.45. The largest absolute Gasteiger partial charge is 0.271 e. The fraction of sp³-hybridized carbons (Fsp3) is 0.778. The van der Waals surface area contributed by atoms with Gasteiger partial charge in [-0.15, -0.1) is 5.10 Å². The summed E-state index contributed by atoms with van der Waals surface area (Å²) < 4.78 is 1.94. The molecule has 2 heterocycles. The molecule has 1 aromatic rings. The summed E-state index contributed by atoms with van der Waals surface area (Å²) in [5, 5.41) is 7.85. The van der Waals surface area contributed by atoms with Crippen LogP contribution in [0.25, 0.3) is 0 Å². The Balaban J connectivity index is 2.27. The molecule has 0 aliphatic carbocycles. The molecule has 2 atom stereocenters. The Hall–Kier alpha value is -0.590. The van der Waals surface area contributed by atoms with Crippen LogP contribution < -0.4 is 11.3 Å². The third-order valence-corrected chi connectivity index (χ3v) is 4.66. The van der Waals surface area contributed by atoms with Gasteiger partial charge in [0, 0.05) is 11.8 Å². The number of hydrazine groups is 1. The topological polar surface area (TPSA) is 68.8 Å². The molecule has 84 valence electrons. The maximum Gasteiger partial charge on any atom is 0.0789 e. The van der Waals surface area contributed by atoms with E-state index in [-0.39, 0.29) is 10.8 Å². The lowest BCUT2D eigenvalue weighted by Gasteiger charge is -2.32. The predicted octanol–water partition coefficient (Wildman–Crippen LogP) is 0.605. The average molecular weight is 227 g/mol. The summed E-state index contributed by atoms with van der Waals surface area (Å²) in [7, 11) is 1.90. The Kier molecular flexibility index (Phi) is 2.99. The summed E-state index contributed by atoms with van der Waals surface area (Å²) >= 11 is 1.97. The number of rotatable bonds is 3. The number of nitrogens with one attached hydrogen (secondary N) is 1. The molecule has 0 aromatic carbocycles. The van der Waals surface area contributed by atoms with E-state index in [0.29, 0.717) is 0 Å². The van der Waals surface area contributed by atoms with E-state index < -0.39 is 0 Å². The normalized spacial score (nSPS) is 28.2. The lowest BCUT2D eigenvalue weighted by molar-refractivity contribution is 0.399. The highest BCUT2D eigenvalue weighted by molar-refractivity contribution is 8.00. The first-order valence-electron chi connectivity index (χ1n) is 5.12. The van der Waals surface area contributed by atoms with Crippen LogP contribution in [0.5, 0.6) is 0 Å². The van der Waals surface area contributed by atoms with Crippen molar-refractivity contribution >= 4 is 11.8 Å². The van der Waals surface area contributed by atoms with Crippen molar-refractivity contribution in [3.63, 3.8) is 0 Å². The van der Waals surface area contributed by atoms with Crippen LogP contribution in [0.1, 0.15) is 31.5 Å². The van der Waals surface area contributed by atoms with Gasteiger partial charge in [0.05, 0.1) is 17.9 Å². The monoisotopic (exact) mass is 227 g/mol. The lowest BCUT2D eigenvalue weighted by atomic mass is 9.94. The molecule has 1 aliphatic heterocycles. The molecule has 0 bridgehead atoms. The van der Waals surface area contributed by atoms with Crippen molar-refractivity contribution in [1.82, 2.24) is 20.4 Å². The second kappa shape index (κ2) is 4.11. The third kappa shape index (κ3) is 1.89. The number of thioether (sulfide) groups is 1. The Morgan fingerprint density at radius 2 is 2.53 bits per heavy atom. The minimum Gasteiger partial charge on any atom is -0.271 e. The minimum atomic E-state index is 0.116. The molecule has 2 unspecified atom stereocenters. The van der Waals surface area contributed by atoms with Crippen molar-refractivity contribution in [3.8, 4) is 0 Å². The molecule has 0 saturated carbocycles. The Morgan fingerprint density at radius 1 is 1.73 bits per heavy atom. The molecule has 15 heavy (non-hydrogen) atoms. The Morgan fingerprint density at radius 3 is 3.00 bits per heavy atom. The minimum absolute atomic E-state index is 0.116. The van der Waals surface area contributed by atoms with E-state index in [4.69, 9.17) is 5.84 Å². The summed E-state index contributed by atoms with van der Waals surface area (Å²) in [6.45, 7) is 2.25. The van der Waals surface area contributed by atoms with Gasteiger partial charge in [-0.3, -0.25) is 10.5 Å². The lowest BCUT2D eigenvalue weighted by Crippen LogP contribution is -2.42. The molecular formula is C9H17N5S. The Labute approximate surface area is 93.8 Å². The van der Waals surface area contributed by atoms with Crippen molar-refractivity contribution in [2.75, 3.05) is 5.75 Å². The molecule has 1 aromatic heterocycles. The van der Waals surface area contributed by atoms with Crippen LogP contribution in [-0.2, 0) is 7.05 Å². The first-order chi connectivity index (χ1) is 7.17. The van der Waals surface area contributed by atoms with Crippen LogP contribution in [0.15, 0.2) is 6.20 Å². The number of hydrogen-bond acceptors (Lipinski definition) is 5. The Bertz CT molecular complexity index is 331. The molecule has 1 saturated heterocycles. The maximum atomic E-state index is 5.67. The zero-order valence-corrected chi connectivity index (χ0v) is 9.92. The van der Waals surface area contributed by atoms with E-state index in [9.17, 15) is 0 Å². The van der Waals surface area contributed by atoms with Crippen molar-refractivity contribution < 1.29 is 0 Å². The average Bonchev–Trinajstić information content (AvgIpc) is 2.79. The first-order valence-corrected chi connectivity index (χ1v) is 6.10. The van der Waals surface area contributed by atoms with Gasteiger partial charge in [-0.2, -0.15) is 11.8 Å². The molecule has 1 fully saturated rings. The summed E-state index contributed by atoms with van der Waals surface area (Å²) in [5.74, 6) is 6.87. The van der Waals surface area contributed by atoms with Crippen LogP contribution in [0, 0.1) is 0 Å². The van der Waals surface area contributed by atoms with Gasteiger partial charge in [0.25, 0.3) is 0 Å². The van der Waals surface area contributed by atoms with Gasteiger partial charge < -0.3 is 0 Å². The molecule has 3 N–H and O–H groups in total. The van der Waals surface area contributed by atoms with Gasteiger partial charge in [0.1, 0.15) is 0 Å². The molecule has 6 heteroatoms. The zero-order valence-electron chi connectivity index (χ0n) is 9.10. The fourth-order valence-electron chi connectivity index (χ4n) is 2.16. The molecule has 2 rings (SSSR count). The van der Waals surface area contributed by atoms with E-state index in [0.717, 1.165) is 5.69 Å². The van der Waals surface area contributed by atoms with Crippen LogP contribution >= 0.6 is 11.8 Å². The van der Waals surface area contributed by atoms with Gasteiger partial charge in [-0.25, -0.2) is 5.43 Å². The quantitative estimate of drug-likeness (QED) is 0.585.